The van der Waals surface area contributed by atoms with Crippen LogP contribution in [0.3, 0.4) is 0 Å². The average Bonchev–Trinajstić information content (AvgIpc) is 2.19. The molecule has 0 saturated carbocycles. The fourth-order valence-corrected chi connectivity index (χ4v) is 1.18. The Balaban J connectivity index is 2.54. The van der Waals surface area contributed by atoms with Crippen molar-refractivity contribution in [1.82, 2.24) is 0 Å². The van der Waals surface area contributed by atoms with Gasteiger partial charge in [-0.1, -0.05) is 25.1 Å². The Morgan fingerprint density at radius 2 is 2.36 bits per heavy atom. The van der Waals surface area contributed by atoms with Gasteiger partial charge in [-0.25, -0.2) is 0 Å². The highest BCUT2D eigenvalue weighted by molar-refractivity contribution is 5.79. The highest BCUT2D eigenvalue weighted by Crippen LogP contribution is 2.04. The Morgan fingerprint density at radius 3 is 3.07 bits per heavy atom. The van der Waals surface area contributed by atoms with Crippen LogP contribution in [0, 0.1) is 0 Å². The van der Waals surface area contributed by atoms with Crippen LogP contribution in [-0.2, 0) is 11.3 Å². The standard InChI is InChI=1S/C11H16N2O/c1-2-6-14-9-11-5-3-4-10(7-11)8-13-12/h3-5,7-8H,2,6,9,12H2,1H3. The molecule has 0 aromatic heterocycles. The molecule has 3 nitrogen and oxygen atoms in total. The van der Waals surface area contributed by atoms with Gasteiger partial charge < -0.3 is 10.6 Å². The molecule has 0 heterocycles. The first-order valence-corrected chi connectivity index (χ1v) is 4.76. The number of rotatable bonds is 5. The van der Waals surface area contributed by atoms with Crippen LogP contribution in [0.2, 0.25) is 0 Å². The van der Waals surface area contributed by atoms with Crippen molar-refractivity contribution >= 4 is 6.21 Å². The van der Waals surface area contributed by atoms with Gasteiger partial charge in [-0.3, -0.25) is 0 Å². The maximum atomic E-state index is 5.43. The Morgan fingerprint density at radius 1 is 1.50 bits per heavy atom. The summed E-state index contributed by atoms with van der Waals surface area (Å²) < 4.78 is 5.43. The number of benzene rings is 1. The van der Waals surface area contributed by atoms with E-state index in [9.17, 15) is 0 Å². The van der Waals surface area contributed by atoms with Crippen LogP contribution in [0.4, 0.5) is 0 Å². The van der Waals surface area contributed by atoms with E-state index in [1.54, 1.807) is 6.21 Å². The number of hydrogen-bond acceptors (Lipinski definition) is 3. The first-order valence-electron chi connectivity index (χ1n) is 4.76. The zero-order valence-electron chi connectivity index (χ0n) is 8.44. The summed E-state index contributed by atoms with van der Waals surface area (Å²) in [5.41, 5.74) is 2.15. The number of nitrogens with two attached hydrogens (primary N) is 1. The van der Waals surface area contributed by atoms with Crippen LogP contribution >= 0.6 is 0 Å². The van der Waals surface area contributed by atoms with Gasteiger partial charge in [0, 0.05) is 6.61 Å². The molecule has 2 N–H and O–H groups in total. The average molecular weight is 192 g/mol. The van der Waals surface area contributed by atoms with Gasteiger partial charge in [-0.2, -0.15) is 5.10 Å². The van der Waals surface area contributed by atoms with Gasteiger partial charge in [0.1, 0.15) is 0 Å². The summed E-state index contributed by atoms with van der Waals surface area (Å²) in [6.07, 6.45) is 2.67. The molecular weight excluding hydrogens is 176 g/mol. The Hall–Kier alpha value is -1.35. The van der Waals surface area contributed by atoms with Crippen molar-refractivity contribution in [1.29, 1.82) is 0 Å². The Labute approximate surface area is 84.6 Å². The first kappa shape index (κ1) is 10.7. The van der Waals surface area contributed by atoms with E-state index in [0.717, 1.165) is 24.2 Å². The Kier molecular flexibility index (Phi) is 4.72. The van der Waals surface area contributed by atoms with E-state index < -0.39 is 0 Å². The lowest BCUT2D eigenvalue weighted by Gasteiger charge is -2.03. The van der Waals surface area contributed by atoms with Crippen LogP contribution in [-0.4, -0.2) is 12.8 Å². The van der Waals surface area contributed by atoms with Crippen LogP contribution < -0.4 is 5.84 Å². The molecule has 0 radical (unpaired) electrons. The van der Waals surface area contributed by atoms with Crippen molar-refractivity contribution in [3.8, 4) is 0 Å². The molecule has 0 bridgehead atoms. The molecule has 0 spiro atoms. The van der Waals surface area contributed by atoms with E-state index in [1.807, 2.05) is 24.3 Å². The lowest BCUT2D eigenvalue weighted by atomic mass is 10.1. The highest BCUT2D eigenvalue weighted by atomic mass is 16.5. The minimum absolute atomic E-state index is 0.653. The minimum Gasteiger partial charge on any atom is -0.377 e. The second-order valence-corrected chi connectivity index (χ2v) is 3.08. The van der Waals surface area contributed by atoms with Crippen molar-refractivity contribution in [3.63, 3.8) is 0 Å². The molecule has 1 aromatic carbocycles. The normalized spacial score (nSPS) is 10.9. The molecule has 0 fully saturated rings. The van der Waals surface area contributed by atoms with E-state index in [2.05, 4.69) is 12.0 Å². The zero-order chi connectivity index (χ0) is 10.2. The molecule has 76 valence electrons. The number of nitrogens with zero attached hydrogens (tertiary/aromatic N) is 1. The first-order chi connectivity index (χ1) is 6.86. The van der Waals surface area contributed by atoms with E-state index in [4.69, 9.17) is 10.6 Å². The summed E-state index contributed by atoms with van der Waals surface area (Å²) in [7, 11) is 0. The monoisotopic (exact) mass is 192 g/mol. The van der Waals surface area contributed by atoms with Crippen molar-refractivity contribution in [2.24, 2.45) is 10.9 Å². The van der Waals surface area contributed by atoms with Crippen molar-refractivity contribution < 1.29 is 4.74 Å². The molecule has 0 amide bonds. The molecule has 0 atom stereocenters. The summed E-state index contributed by atoms with van der Waals surface area (Å²) >= 11 is 0. The number of hydrazone groups is 1. The van der Waals surface area contributed by atoms with Crippen LogP contribution in [0.1, 0.15) is 24.5 Å². The molecule has 14 heavy (non-hydrogen) atoms. The minimum atomic E-state index is 0.653. The van der Waals surface area contributed by atoms with E-state index >= 15 is 0 Å². The molecule has 3 heteroatoms. The van der Waals surface area contributed by atoms with Crippen molar-refractivity contribution in [2.75, 3.05) is 6.61 Å². The fraction of sp³-hybridized carbons (Fsp3) is 0.364. The van der Waals surface area contributed by atoms with Crippen LogP contribution in [0.15, 0.2) is 29.4 Å². The van der Waals surface area contributed by atoms with Gasteiger partial charge in [-0.15, -0.1) is 0 Å². The third kappa shape index (κ3) is 3.58. The van der Waals surface area contributed by atoms with Gasteiger partial charge in [0.2, 0.25) is 0 Å². The molecule has 0 aliphatic carbocycles. The van der Waals surface area contributed by atoms with E-state index in [1.165, 1.54) is 0 Å². The van der Waals surface area contributed by atoms with Gasteiger partial charge >= 0.3 is 0 Å². The molecule has 0 unspecified atom stereocenters. The van der Waals surface area contributed by atoms with Crippen LogP contribution in [0.5, 0.6) is 0 Å². The predicted octanol–water partition coefficient (Wildman–Crippen LogP) is 1.91. The molecular formula is C11H16N2O. The summed E-state index contributed by atoms with van der Waals surface area (Å²) in [6, 6.07) is 7.98. The third-order valence-corrected chi connectivity index (χ3v) is 1.79. The lowest BCUT2D eigenvalue weighted by molar-refractivity contribution is 0.121. The van der Waals surface area contributed by atoms with Crippen molar-refractivity contribution in [3.05, 3.63) is 35.4 Å². The zero-order valence-corrected chi connectivity index (χ0v) is 8.44. The maximum Gasteiger partial charge on any atom is 0.0717 e. The number of hydrogen-bond donors (Lipinski definition) is 1. The maximum absolute atomic E-state index is 5.43. The summed E-state index contributed by atoms with van der Waals surface area (Å²) in [5.74, 6) is 5.07. The number of ether oxygens (including phenoxy) is 1. The lowest BCUT2D eigenvalue weighted by Crippen LogP contribution is -1.95. The largest absolute Gasteiger partial charge is 0.377 e. The van der Waals surface area contributed by atoms with Crippen molar-refractivity contribution in [2.45, 2.75) is 20.0 Å². The smallest absolute Gasteiger partial charge is 0.0717 e. The quantitative estimate of drug-likeness (QED) is 0.335. The summed E-state index contributed by atoms with van der Waals surface area (Å²) in [6.45, 7) is 3.55. The molecule has 0 saturated heterocycles. The van der Waals surface area contributed by atoms with Gasteiger partial charge in [0.05, 0.1) is 12.8 Å². The van der Waals surface area contributed by atoms with E-state index in [-0.39, 0.29) is 0 Å². The highest BCUT2D eigenvalue weighted by Gasteiger charge is 1.93. The summed E-state index contributed by atoms with van der Waals surface area (Å²) in [4.78, 5) is 0. The SMILES string of the molecule is CCCOCc1cccc(C=NN)c1. The third-order valence-electron chi connectivity index (χ3n) is 1.79. The van der Waals surface area contributed by atoms with Crippen LogP contribution in [0.25, 0.3) is 0 Å². The molecule has 1 rings (SSSR count). The molecule has 1 aromatic rings. The van der Waals surface area contributed by atoms with E-state index in [0.29, 0.717) is 6.61 Å². The predicted molar refractivity (Wildman–Crippen MR) is 58.2 cm³/mol. The topological polar surface area (TPSA) is 47.6 Å². The Bertz CT molecular complexity index is 297. The molecule has 0 aliphatic rings. The van der Waals surface area contributed by atoms with Gasteiger partial charge in [0.15, 0.2) is 0 Å². The van der Waals surface area contributed by atoms with Gasteiger partial charge in [-0.05, 0) is 23.6 Å². The second-order valence-electron chi connectivity index (χ2n) is 3.08. The van der Waals surface area contributed by atoms with Gasteiger partial charge in [0.25, 0.3) is 0 Å². The molecule has 0 aliphatic heterocycles. The second kappa shape index (κ2) is 6.16. The summed E-state index contributed by atoms with van der Waals surface area (Å²) in [5, 5.41) is 3.48. The fourth-order valence-electron chi connectivity index (χ4n) is 1.18.